The summed E-state index contributed by atoms with van der Waals surface area (Å²) in [7, 11) is -3.18. The lowest BCUT2D eigenvalue weighted by Gasteiger charge is -2.32. The third-order valence-electron chi connectivity index (χ3n) is 5.18. The molecule has 2 heterocycles. The standard InChI is InChI=1S/C18H25FN2O3S2/c1-26(23,24)21-10-6-14(7-11-21)18(22)20-9-8-17(25-13-12-20)15-4-2-3-5-16(15)19/h2-5,14,17H,6-13H2,1H3. The van der Waals surface area contributed by atoms with Crippen LogP contribution in [-0.4, -0.2) is 61.7 Å². The maximum absolute atomic E-state index is 14.0. The molecule has 2 saturated heterocycles. The summed E-state index contributed by atoms with van der Waals surface area (Å²) in [4.78, 5) is 14.7. The summed E-state index contributed by atoms with van der Waals surface area (Å²) in [6.07, 6.45) is 3.10. The van der Waals surface area contributed by atoms with Crippen LogP contribution in [0.2, 0.25) is 0 Å². The highest BCUT2D eigenvalue weighted by molar-refractivity contribution is 7.99. The first kappa shape index (κ1) is 19.6. The molecule has 2 aliphatic heterocycles. The van der Waals surface area contributed by atoms with E-state index in [4.69, 9.17) is 0 Å². The van der Waals surface area contributed by atoms with Crippen molar-refractivity contribution in [3.05, 3.63) is 35.6 Å². The molecule has 0 radical (unpaired) electrons. The Morgan fingerprint density at radius 1 is 1.12 bits per heavy atom. The number of halogens is 1. The molecule has 2 fully saturated rings. The highest BCUT2D eigenvalue weighted by Gasteiger charge is 2.32. The third kappa shape index (κ3) is 4.58. The van der Waals surface area contributed by atoms with E-state index in [1.807, 2.05) is 17.0 Å². The lowest BCUT2D eigenvalue weighted by Crippen LogP contribution is -2.44. The molecule has 8 heteroatoms. The minimum absolute atomic E-state index is 0.0704. The Bertz CT molecular complexity index is 749. The molecule has 0 N–H and O–H groups in total. The van der Waals surface area contributed by atoms with Crippen molar-refractivity contribution in [2.24, 2.45) is 5.92 Å². The molecule has 1 atom stereocenters. The van der Waals surface area contributed by atoms with E-state index < -0.39 is 10.0 Å². The van der Waals surface area contributed by atoms with Crippen LogP contribution in [0.3, 0.4) is 0 Å². The highest BCUT2D eigenvalue weighted by atomic mass is 32.2. The van der Waals surface area contributed by atoms with E-state index in [-0.39, 0.29) is 22.9 Å². The van der Waals surface area contributed by atoms with E-state index >= 15 is 0 Å². The van der Waals surface area contributed by atoms with Crippen LogP contribution < -0.4 is 0 Å². The van der Waals surface area contributed by atoms with Crippen molar-refractivity contribution in [2.75, 3.05) is 38.2 Å². The molecule has 5 nitrogen and oxygen atoms in total. The average Bonchev–Trinajstić information content (AvgIpc) is 2.87. The van der Waals surface area contributed by atoms with Crippen molar-refractivity contribution < 1.29 is 17.6 Å². The normalized spacial score (nSPS) is 23.6. The second-order valence-corrected chi connectivity index (χ2v) is 10.2. The minimum Gasteiger partial charge on any atom is -0.342 e. The van der Waals surface area contributed by atoms with Gasteiger partial charge in [-0.25, -0.2) is 17.1 Å². The van der Waals surface area contributed by atoms with Gasteiger partial charge in [0.05, 0.1) is 6.26 Å². The quantitative estimate of drug-likeness (QED) is 0.782. The number of nitrogens with zero attached hydrogens (tertiary/aromatic N) is 2. The van der Waals surface area contributed by atoms with Gasteiger partial charge >= 0.3 is 0 Å². The van der Waals surface area contributed by atoms with Gasteiger partial charge in [0.2, 0.25) is 15.9 Å². The Labute approximate surface area is 159 Å². The second kappa shape index (κ2) is 8.27. The van der Waals surface area contributed by atoms with Crippen LogP contribution in [0, 0.1) is 11.7 Å². The molecular weight excluding hydrogens is 375 g/mol. The fraction of sp³-hybridized carbons (Fsp3) is 0.611. The average molecular weight is 401 g/mol. The lowest BCUT2D eigenvalue weighted by atomic mass is 9.96. The van der Waals surface area contributed by atoms with Crippen molar-refractivity contribution in [3.63, 3.8) is 0 Å². The van der Waals surface area contributed by atoms with Gasteiger partial charge in [-0.3, -0.25) is 4.79 Å². The predicted octanol–water partition coefficient (Wildman–Crippen LogP) is 2.50. The fourth-order valence-corrected chi connectivity index (χ4v) is 5.80. The van der Waals surface area contributed by atoms with E-state index in [1.165, 1.54) is 16.6 Å². The molecule has 0 bridgehead atoms. The zero-order valence-electron chi connectivity index (χ0n) is 14.9. The van der Waals surface area contributed by atoms with E-state index in [1.54, 1.807) is 17.8 Å². The van der Waals surface area contributed by atoms with Crippen LogP contribution >= 0.6 is 11.8 Å². The van der Waals surface area contributed by atoms with Crippen molar-refractivity contribution in [2.45, 2.75) is 24.5 Å². The maximum atomic E-state index is 14.0. The number of hydrogen-bond acceptors (Lipinski definition) is 4. The Morgan fingerprint density at radius 3 is 2.46 bits per heavy atom. The van der Waals surface area contributed by atoms with Gasteiger partial charge in [0.15, 0.2) is 0 Å². The van der Waals surface area contributed by atoms with Crippen molar-refractivity contribution in [1.29, 1.82) is 0 Å². The summed E-state index contributed by atoms with van der Waals surface area (Å²) >= 11 is 1.70. The lowest BCUT2D eigenvalue weighted by molar-refractivity contribution is -0.136. The molecule has 0 spiro atoms. The number of rotatable bonds is 3. The van der Waals surface area contributed by atoms with Gasteiger partial charge in [-0.05, 0) is 25.3 Å². The Morgan fingerprint density at radius 2 is 1.81 bits per heavy atom. The Kier molecular flexibility index (Phi) is 6.25. The molecule has 1 unspecified atom stereocenters. The van der Waals surface area contributed by atoms with Crippen LogP contribution in [0.4, 0.5) is 4.39 Å². The number of benzene rings is 1. The monoisotopic (exact) mass is 400 g/mol. The third-order valence-corrected chi connectivity index (χ3v) is 7.79. The molecule has 0 aliphatic carbocycles. The van der Waals surface area contributed by atoms with E-state index in [9.17, 15) is 17.6 Å². The fourth-order valence-electron chi connectivity index (χ4n) is 3.67. The molecule has 144 valence electrons. The summed E-state index contributed by atoms with van der Waals surface area (Å²) < 4.78 is 38.7. The van der Waals surface area contributed by atoms with Crippen LogP contribution in [0.15, 0.2) is 24.3 Å². The Hall–Kier alpha value is -1.12. The van der Waals surface area contributed by atoms with Gasteiger partial charge in [-0.1, -0.05) is 18.2 Å². The molecule has 1 aromatic rings. The smallest absolute Gasteiger partial charge is 0.225 e. The van der Waals surface area contributed by atoms with Crippen LogP contribution in [0.25, 0.3) is 0 Å². The van der Waals surface area contributed by atoms with Crippen molar-refractivity contribution >= 4 is 27.7 Å². The number of amides is 1. The van der Waals surface area contributed by atoms with Crippen LogP contribution in [-0.2, 0) is 14.8 Å². The van der Waals surface area contributed by atoms with Crippen LogP contribution in [0.1, 0.15) is 30.1 Å². The molecule has 1 amide bonds. The van der Waals surface area contributed by atoms with Gasteiger partial charge in [-0.2, -0.15) is 11.8 Å². The van der Waals surface area contributed by atoms with Gasteiger partial charge in [0, 0.05) is 48.7 Å². The molecular formula is C18H25FN2O3S2. The summed E-state index contributed by atoms with van der Waals surface area (Å²) in [5, 5.41) is 0.0704. The zero-order chi connectivity index (χ0) is 18.7. The molecule has 0 saturated carbocycles. The number of hydrogen-bond donors (Lipinski definition) is 0. The zero-order valence-corrected chi connectivity index (χ0v) is 16.6. The minimum atomic E-state index is -3.18. The Balaban J connectivity index is 1.58. The first-order valence-electron chi connectivity index (χ1n) is 8.96. The van der Waals surface area contributed by atoms with E-state index in [0.717, 1.165) is 12.2 Å². The summed E-state index contributed by atoms with van der Waals surface area (Å²) in [5.74, 6) is 0.612. The number of carbonyl (C=O) groups is 1. The molecule has 26 heavy (non-hydrogen) atoms. The first-order chi connectivity index (χ1) is 12.4. The predicted molar refractivity (Wildman–Crippen MR) is 102 cm³/mol. The van der Waals surface area contributed by atoms with E-state index in [2.05, 4.69) is 0 Å². The number of piperidine rings is 1. The van der Waals surface area contributed by atoms with Gasteiger partial charge in [0.1, 0.15) is 5.82 Å². The number of thioether (sulfide) groups is 1. The summed E-state index contributed by atoms with van der Waals surface area (Å²) in [6.45, 7) is 2.11. The van der Waals surface area contributed by atoms with Gasteiger partial charge < -0.3 is 4.90 Å². The second-order valence-electron chi connectivity index (χ2n) is 6.93. The SMILES string of the molecule is CS(=O)(=O)N1CCC(C(=O)N2CCSC(c3ccccc3F)CC2)CC1. The van der Waals surface area contributed by atoms with Crippen LogP contribution in [0.5, 0.6) is 0 Å². The number of sulfonamides is 1. The molecule has 2 aliphatic rings. The summed E-state index contributed by atoms with van der Waals surface area (Å²) in [5.41, 5.74) is 0.716. The van der Waals surface area contributed by atoms with E-state index in [0.29, 0.717) is 44.6 Å². The van der Waals surface area contributed by atoms with Gasteiger partial charge in [-0.15, -0.1) is 0 Å². The van der Waals surface area contributed by atoms with Gasteiger partial charge in [0.25, 0.3) is 0 Å². The maximum Gasteiger partial charge on any atom is 0.225 e. The first-order valence-corrected chi connectivity index (χ1v) is 11.9. The highest BCUT2D eigenvalue weighted by Crippen LogP contribution is 2.36. The van der Waals surface area contributed by atoms with Crippen molar-refractivity contribution in [1.82, 2.24) is 9.21 Å². The molecule has 3 rings (SSSR count). The molecule has 0 aromatic heterocycles. The number of carbonyl (C=O) groups excluding carboxylic acids is 1. The summed E-state index contributed by atoms with van der Waals surface area (Å²) in [6, 6.07) is 6.85. The van der Waals surface area contributed by atoms with Crippen molar-refractivity contribution in [3.8, 4) is 0 Å². The molecule has 1 aromatic carbocycles. The largest absolute Gasteiger partial charge is 0.342 e. The topological polar surface area (TPSA) is 57.7 Å².